The first-order valence-electron chi connectivity index (χ1n) is 13.8. The SMILES string of the molecule is COc1ccc(N(c2ccccc2)c2ccc(-c3ccc(N(c4ccccc4)c4ccc(C)cc4)cc3)cc2)cc1. The van der Waals surface area contributed by atoms with Gasteiger partial charge in [0.2, 0.25) is 0 Å². The summed E-state index contributed by atoms with van der Waals surface area (Å²) in [4.78, 5) is 4.55. The van der Waals surface area contributed by atoms with Crippen LogP contribution in [0.3, 0.4) is 0 Å². The molecule has 6 aromatic carbocycles. The molecule has 200 valence electrons. The summed E-state index contributed by atoms with van der Waals surface area (Å²) >= 11 is 0. The van der Waals surface area contributed by atoms with Crippen LogP contribution < -0.4 is 14.5 Å². The molecule has 0 fully saturated rings. The molecule has 3 heteroatoms. The second kappa shape index (κ2) is 11.8. The van der Waals surface area contributed by atoms with Crippen molar-refractivity contribution < 1.29 is 4.74 Å². The number of anilines is 6. The molecule has 0 spiro atoms. The summed E-state index contributed by atoms with van der Waals surface area (Å²) in [5, 5.41) is 0. The van der Waals surface area contributed by atoms with Crippen LogP contribution in [0.1, 0.15) is 5.56 Å². The molecule has 3 nitrogen and oxygen atoms in total. The van der Waals surface area contributed by atoms with Gasteiger partial charge >= 0.3 is 0 Å². The third kappa shape index (κ3) is 5.70. The fourth-order valence-electron chi connectivity index (χ4n) is 5.08. The minimum absolute atomic E-state index is 0.841. The number of benzene rings is 6. The van der Waals surface area contributed by atoms with Gasteiger partial charge in [-0.2, -0.15) is 0 Å². The predicted octanol–water partition coefficient (Wildman–Crippen LogP) is 10.6. The average molecular weight is 533 g/mol. The summed E-state index contributed by atoms with van der Waals surface area (Å²) < 4.78 is 5.38. The summed E-state index contributed by atoms with van der Waals surface area (Å²) in [5.41, 5.74) is 10.3. The Bertz CT molecular complexity index is 1680. The molecule has 0 heterocycles. The lowest BCUT2D eigenvalue weighted by Crippen LogP contribution is -2.10. The van der Waals surface area contributed by atoms with Gasteiger partial charge in [0, 0.05) is 34.1 Å². The van der Waals surface area contributed by atoms with Gasteiger partial charge < -0.3 is 14.5 Å². The van der Waals surface area contributed by atoms with Crippen molar-refractivity contribution in [2.75, 3.05) is 16.9 Å². The van der Waals surface area contributed by atoms with Crippen LogP contribution >= 0.6 is 0 Å². The van der Waals surface area contributed by atoms with E-state index in [0.717, 1.165) is 39.9 Å². The van der Waals surface area contributed by atoms with Gasteiger partial charge in [-0.05, 0) is 103 Å². The molecule has 0 unspecified atom stereocenters. The molecule has 0 atom stereocenters. The lowest BCUT2D eigenvalue weighted by Gasteiger charge is -2.26. The summed E-state index contributed by atoms with van der Waals surface area (Å²) in [6, 6.07) is 55.3. The lowest BCUT2D eigenvalue weighted by molar-refractivity contribution is 0.415. The van der Waals surface area contributed by atoms with Crippen LogP contribution in [0.25, 0.3) is 11.1 Å². The Kier molecular flexibility index (Phi) is 7.51. The molecule has 0 radical (unpaired) electrons. The number of para-hydroxylation sites is 2. The smallest absolute Gasteiger partial charge is 0.119 e. The first-order valence-corrected chi connectivity index (χ1v) is 13.8. The fourth-order valence-corrected chi connectivity index (χ4v) is 5.08. The Balaban J connectivity index is 1.31. The van der Waals surface area contributed by atoms with Crippen LogP contribution in [0.2, 0.25) is 0 Å². The zero-order valence-electron chi connectivity index (χ0n) is 23.3. The zero-order valence-corrected chi connectivity index (χ0v) is 23.3. The van der Waals surface area contributed by atoms with Gasteiger partial charge in [0.1, 0.15) is 5.75 Å². The topological polar surface area (TPSA) is 15.7 Å². The standard InChI is InChI=1S/C38H32N2O/c1-29-13-19-34(20-14-29)39(32-9-5-3-6-10-32)35-21-15-30(16-22-35)31-17-23-36(24-18-31)40(33-11-7-4-8-12-33)37-25-27-38(41-2)28-26-37/h3-28H,1-2H3. The van der Waals surface area contributed by atoms with E-state index in [4.69, 9.17) is 4.74 Å². The Morgan fingerprint density at radius 3 is 1.05 bits per heavy atom. The van der Waals surface area contributed by atoms with Crippen molar-refractivity contribution in [2.45, 2.75) is 6.92 Å². The Hall–Kier alpha value is -5.28. The van der Waals surface area contributed by atoms with Gasteiger partial charge in [-0.15, -0.1) is 0 Å². The second-order valence-corrected chi connectivity index (χ2v) is 9.97. The number of rotatable bonds is 8. The molecule has 0 amide bonds. The van der Waals surface area contributed by atoms with Crippen molar-refractivity contribution in [3.05, 3.63) is 163 Å². The zero-order chi connectivity index (χ0) is 28.0. The second-order valence-electron chi connectivity index (χ2n) is 9.97. The molecule has 0 aromatic heterocycles. The van der Waals surface area contributed by atoms with Crippen LogP contribution in [-0.2, 0) is 0 Å². The van der Waals surface area contributed by atoms with E-state index in [-0.39, 0.29) is 0 Å². The van der Waals surface area contributed by atoms with Gasteiger partial charge in [-0.25, -0.2) is 0 Å². The van der Waals surface area contributed by atoms with Gasteiger partial charge in [-0.3, -0.25) is 0 Å². The first kappa shape index (κ1) is 26.0. The van der Waals surface area contributed by atoms with E-state index in [1.165, 1.54) is 16.7 Å². The molecular formula is C38H32N2O. The van der Waals surface area contributed by atoms with E-state index in [9.17, 15) is 0 Å². The van der Waals surface area contributed by atoms with E-state index in [2.05, 4.69) is 156 Å². The normalized spacial score (nSPS) is 10.7. The molecule has 0 aliphatic rings. The monoisotopic (exact) mass is 532 g/mol. The van der Waals surface area contributed by atoms with Crippen molar-refractivity contribution >= 4 is 34.1 Å². The molecular weight excluding hydrogens is 500 g/mol. The highest BCUT2D eigenvalue weighted by Crippen LogP contribution is 2.38. The predicted molar refractivity (Wildman–Crippen MR) is 173 cm³/mol. The molecule has 6 rings (SSSR count). The van der Waals surface area contributed by atoms with Crippen molar-refractivity contribution in [3.63, 3.8) is 0 Å². The molecule has 0 bridgehead atoms. The third-order valence-corrected chi connectivity index (χ3v) is 7.24. The number of aryl methyl sites for hydroxylation is 1. The Morgan fingerprint density at radius 2 is 0.683 bits per heavy atom. The van der Waals surface area contributed by atoms with E-state index in [0.29, 0.717) is 0 Å². The number of ether oxygens (including phenoxy) is 1. The number of hydrogen-bond acceptors (Lipinski definition) is 3. The highest BCUT2D eigenvalue weighted by molar-refractivity contribution is 5.80. The summed E-state index contributed by atoms with van der Waals surface area (Å²) in [5.74, 6) is 0.841. The maximum Gasteiger partial charge on any atom is 0.119 e. The number of nitrogens with zero attached hydrogens (tertiary/aromatic N) is 2. The van der Waals surface area contributed by atoms with Crippen LogP contribution in [-0.4, -0.2) is 7.11 Å². The van der Waals surface area contributed by atoms with Crippen LogP contribution in [0.4, 0.5) is 34.1 Å². The van der Waals surface area contributed by atoms with E-state index >= 15 is 0 Å². The molecule has 0 aliphatic carbocycles. The van der Waals surface area contributed by atoms with E-state index in [1.54, 1.807) is 7.11 Å². The van der Waals surface area contributed by atoms with Gasteiger partial charge in [0.05, 0.1) is 7.11 Å². The van der Waals surface area contributed by atoms with E-state index in [1.807, 2.05) is 18.2 Å². The summed E-state index contributed by atoms with van der Waals surface area (Å²) in [7, 11) is 1.69. The van der Waals surface area contributed by atoms with Crippen molar-refractivity contribution in [2.24, 2.45) is 0 Å². The maximum atomic E-state index is 5.38. The number of methoxy groups -OCH3 is 1. The van der Waals surface area contributed by atoms with Crippen molar-refractivity contribution in [1.82, 2.24) is 0 Å². The van der Waals surface area contributed by atoms with E-state index < -0.39 is 0 Å². The molecule has 0 saturated heterocycles. The highest BCUT2D eigenvalue weighted by Gasteiger charge is 2.14. The van der Waals surface area contributed by atoms with Gasteiger partial charge in [0.15, 0.2) is 0 Å². The molecule has 0 saturated carbocycles. The van der Waals surface area contributed by atoms with Gasteiger partial charge in [-0.1, -0.05) is 78.4 Å². The first-order chi connectivity index (χ1) is 20.2. The Labute approximate surface area is 242 Å². The summed E-state index contributed by atoms with van der Waals surface area (Å²) in [6.07, 6.45) is 0. The largest absolute Gasteiger partial charge is 0.497 e. The minimum Gasteiger partial charge on any atom is -0.497 e. The lowest BCUT2D eigenvalue weighted by atomic mass is 10.0. The molecule has 0 aliphatic heterocycles. The number of hydrogen-bond donors (Lipinski definition) is 0. The highest BCUT2D eigenvalue weighted by atomic mass is 16.5. The third-order valence-electron chi connectivity index (χ3n) is 7.24. The Morgan fingerprint density at radius 1 is 0.366 bits per heavy atom. The van der Waals surface area contributed by atoms with Crippen LogP contribution in [0.5, 0.6) is 5.75 Å². The molecule has 6 aromatic rings. The van der Waals surface area contributed by atoms with Crippen molar-refractivity contribution in [3.8, 4) is 16.9 Å². The quantitative estimate of drug-likeness (QED) is 0.194. The summed E-state index contributed by atoms with van der Waals surface area (Å²) in [6.45, 7) is 2.12. The molecule has 41 heavy (non-hydrogen) atoms. The average Bonchev–Trinajstić information content (AvgIpc) is 3.04. The maximum absolute atomic E-state index is 5.38. The van der Waals surface area contributed by atoms with Crippen LogP contribution in [0.15, 0.2) is 158 Å². The van der Waals surface area contributed by atoms with Gasteiger partial charge in [0.25, 0.3) is 0 Å². The molecule has 0 N–H and O–H groups in total. The van der Waals surface area contributed by atoms with Crippen LogP contribution in [0, 0.1) is 6.92 Å². The van der Waals surface area contributed by atoms with Crippen molar-refractivity contribution in [1.29, 1.82) is 0 Å². The fraction of sp³-hybridized carbons (Fsp3) is 0.0526. The minimum atomic E-state index is 0.841.